The molecule has 0 saturated carbocycles. The van der Waals surface area contributed by atoms with Gasteiger partial charge in [-0.15, -0.1) is 0 Å². The molecule has 2 amide bonds. The highest BCUT2D eigenvalue weighted by Gasteiger charge is 2.08. The predicted molar refractivity (Wildman–Crippen MR) is 131 cm³/mol. The molecule has 0 radical (unpaired) electrons. The van der Waals surface area contributed by atoms with Crippen molar-refractivity contribution in [2.75, 3.05) is 17.2 Å². The fraction of sp³-hybridized carbons (Fsp3) is 0.111. The lowest BCUT2D eigenvalue weighted by molar-refractivity contribution is -0.114. The van der Waals surface area contributed by atoms with Crippen molar-refractivity contribution < 1.29 is 18.7 Å². The van der Waals surface area contributed by atoms with Gasteiger partial charge in [0.25, 0.3) is 5.91 Å². The average molecular weight is 456 g/mol. The van der Waals surface area contributed by atoms with Crippen molar-refractivity contribution in [2.45, 2.75) is 13.2 Å². The lowest BCUT2D eigenvalue weighted by Crippen LogP contribution is -2.23. The first kappa shape index (κ1) is 22.7. The second-order valence-corrected chi connectivity index (χ2v) is 7.54. The number of rotatable bonds is 10. The van der Waals surface area contributed by atoms with E-state index >= 15 is 0 Å². The molecule has 1 aromatic heterocycles. The Bertz CT molecular complexity index is 1190. The van der Waals surface area contributed by atoms with Gasteiger partial charge in [0.05, 0.1) is 19.4 Å². The minimum absolute atomic E-state index is 0.107. The quantitative estimate of drug-likeness (QED) is 0.318. The Labute approximate surface area is 197 Å². The summed E-state index contributed by atoms with van der Waals surface area (Å²) in [6.07, 6.45) is 1.56. The monoisotopic (exact) mass is 455 g/mol. The number of ether oxygens (including phenoxy) is 1. The number of benzene rings is 3. The van der Waals surface area contributed by atoms with Gasteiger partial charge in [-0.05, 0) is 66.2 Å². The summed E-state index contributed by atoms with van der Waals surface area (Å²) in [6.45, 7) is 0.923. The van der Waals surface area contributed by atoms with Crippen molar-refractivity contribution in [3.05, 3.63) is 114 Å². The van der Waals surface area contributed by atoms with E-state index in [1.165, 1.54) is 0 Å². The number of furan rings is 1. The summed E-state index contributed by atoms with van der Waals surface area (Å²) in [6, 6.07) is 27.7. The van der Waals surface area contributed by atoms with E-state index in [-0.39, 0.29) is 18.4 Å². The molecular formula is C27H25N3O4. The van der Waals surface area contributed by atoms with Crippen LogP contribution in [0.4, 0.5) is 11.4 Å². The normalized spacial score (nSPS) is 10.4. The van der Waals surface area contributed by atoms with Crippen LogP contribution in [0.25, 0.3) is 0 Å². The molecule has 3 aromatic carbocycles. The molecule has 172 valence electrons. The second-order valence-electron chi connectivity index (χ2n) is 7.54. The van der Waals surface area contributed by atoms with Crippen LogP contribution in [-0.4, -0.2) is 18.4 Å². The van der Waals surface area contributed by atoms with Crippen LogP contribution in [0, 0.1) is 0 Å². The fourth-order valence-electron chi connectivity index (χ4n) is 3.18. The molecule has 0 fully saturated rings. The Balaban J connectivity index is 1.19. The summed E-state index contributed by atoms with van der Waals surface area (Å²) in [4.78, 5) is 24.5. The summed E-state index contributed by atoms with van der Waals surface area (Å²) in [7, 11) is 0. The maximum absolute atomic E-state index is 12.3. The molecule has 0 aliphatic rings. The van der Waals surface area contributed by atoms with E-state index in [4.69, 9.17) is 9.15 Å². The van der Waals surface area contributed by atoms with Crippen molar-refractivity contribution in [3.8, 4) is 5.75 Å². The molecule has 0 aliphatic heterocycles. The molecule has 3 N–H and O–H groups in total. The maximum atomic E-state index is 12.3. The van der Waals surface area contributed by atoms with Gasteiger partial charge in [0.2, 0.25) is 5.91 Å². The van der Waals surface area contributed by atoms with Crippen molar-refractivity contribution in [1.82, 2.24) is 5.32 Å². The van der Waals surface area contributed by atoms with Crippen LogP contribution in [0.15, 0.2) is 102 Å². The van der Waals surface area contributed by atoms with E-state index in [1.54, 1.807) is 42.7 Å². The van der Waals surface area contributed by atoms with Gasteiger partial charge in [-0.25, -0.2) is 0 Å². The summed E-state index contributed by atoms with van der Waals surface area (Å²) >= 11 is 0. The Morgan fingerprint density at radius 1 is 0.794 bits per heavy atom. The Hall–Kier alpha value is -4.52. The number of anilines is 2. The SMILES string of the molecule is O=C(CNc1ccc(OCc2ccccc2)cc1)Nc1ccc(C(=O)NCc2ccco2)cc1. The molecule has 0 saturated heterocycles. The number of hydrogen-bond donors (Lipinski definition) is 3. The Morgan fingerprint density at radius 2 is 1.53 bits per heavy atom. The van der Waals surface area contributed by atoms with Gasteiger partial charge in [-0.2, -0.15) is 0 Å². The highest BCUT2D eigenvalue weighted by molar-refractivity contribution is 5.96. The van der Waals surface area contributed by atoms with Crippen LogP contribution in [0.1, 0.15) is 21.7 Å². The van der Waals surface area contributed by atoms with Crippen LogP contribution >= 0.6 is 0 Å². The van der Waals surface area contributed by atoms with Gasteiger partial charge in [-0.1, -0.05) is 30.3 Å². The summed E-state index contributed by atoms with van der Waals surface area (Å²) in [5.41, 5.74) is 3.02. The zero-order valence-corrected chi connectivity index (χ0v) is 18.5. The third-order valence-corrected chi connectivity index (χ3v) is 4.99. The van der Waals surface area contributed by atoms with Crippen molar-refractivity contribution in [2.24, 2.45) is 0 Å². The largest absolute Gasteiger partial charge is 0.489 e. The second kappa shape index (κ2) is 11.4. The molecule has 0 bridgehead atoms. The van der Waals surface area contributed by atoms with Gasteiger partial charge in [-0.3, -0.25) is 9.59 Å². The lowest BCUT2D eigenvalue weighted by Gasteiger charge is -2.10. The van der Waals surface area contributed by atoms with Crippen molar-refractivity contribution in [1.29, 1.82) is 0 Å². The number of amides is 2. The number of hydrogen-bond acceptors (Lipinski definition) is 5. The van der Waals surface area contributed by atoms with Crippen LogP contribution < -0.4 is 20.7 Å². The summed E-state index contributed by atoms with van der Waals surface area (Å²) in [5.74, 6) is 1.03. The highest BCUT2D eigenvalue weighted by atomic mass is 16.5. The van der Waals surface area contributed by atoms with Gasteiger partial charge in [0, 0.05) is 16.9 Å². The third-order valence-electron chi connectivity index (χ3n) is 4.99. The first-order valence-electron chi connectivity index (χ1n) is 10.9. The van der Waals surface area contributed by atoms with E-state index in [0.717, 1.165) is 17.0 Å². The van der Waals surface area contributed by atoms with Gasteiger partial charge >= 0.3 is 0 Å². The zero-order chi connectivity index (χ0) is 23.6. The third kappa shape index (κ3) is 6.74. The number of carbonyl (C=O) groups excluding carboxylic acids is 2. The minimum atomic E-state index is -0.216. The Kier molecular flexibility index (Phi) is 7.58. The molecule has 4 aromatic rings. The molecule has 1 heterocycles. The summed E-state index contributed by atoms with van der Waals surface area (Å²) in [5, 5.41) is 8.68. The van der Waals surface area contributed by atoms with Crippen molar-refractivity contribution >= 4 is 23.2 Å². The predicted octanol–water partition coefficient (Wildman–Crippen LogP) is 4.84. The molecule has 7 heteroatoms. The maximum Gasteiger partial charge on any atom is 0.251 e. The van der Waals surface area contributed by atoms with Gasteiger partial charge in [0.15, 0.2) is 0 Å². The van der Waals surface area contributed by atoms with Crippen LogP contribution in [0.3, 0.4) is 0 Å². The van der Waals surface area contributed by atoms with E-state index in [9.17, 15) is 9.59 Å². The highest BCUT2D eigenvalue weighted by Crippen LogP contribution is 2.17. The molecule has 0 spiro atoms. The van der Waals surface area contributed by atoms with Gasteiger partial charge < -0.3 is 25.1 Å². The smallest absolute Gasteiger partial charge is 0.251 e. The van der Waals surface area contributed by atoms with Crippen LogP contribution in [-0.2, 0) is 17.9 Å². The average Bonchev–Trinajstić information content (AvgIpc) is 3.40. The van der Waals surface area contributed by atoms with Crippen LogP contribution in [0.2, 0.25) is 0 Å². The standard InChI is InChI=1S/C27H25N3O4/c31-26(18-28-22-12-14-24(15-13-22)34-19-20-5-2-1-3-6-20)30-23-10-8-21(9-11-23)27(32)29-17-25-7-4-16-33-25/h1-16,28H,17-19H2,(H,29,32)(H,30,31). The van der Waals surface area contributed by atoms with Gasteiger partial charge in [0.1, 0.15) is 18.1 Å². The molecule has 0 aliphatic carbocycles. The Morgan fingerprint density at radius 3 is 2.24 bits per heavy atom. The van der Waals surface area contributed by atoms with Crippen LogP contribution in [0.5, 0.6) is 5.75 Å². The van der Waals surface area contributed by atoms with E-state index in [1.807, 2.05) is 54.6 Å². The van der Waals surface area contributed by atoms with E-state index < -0.39 is 0 Å². The minimum Gasteiger partial charge on any atom is -0.489 e. The molecule has 0 atom stereocenters. The van der Waals surface area contributed by atoms with E-state index in [2.05, 4.69) is 16.0 Å². The van der Waals surface area contributed by atoms with E-state index in [0.29, 0.717) is 30.2 Å². The zero-order valence-electron chi connectivity index (χ0n) is 18.5. The molecule has 34 heavy (non-hydrogen) atoms. The number of carbonyl (C=O) groups is 2. The topological polar surface area (TPSA) is 92.6 Å². The molecular weight excluding hydrogens is 430 g/mol. The fourth-order valence-corrected chi connectivity index (χ4v) is 3.18. The van der Waals surface area contributed by atoms with Crippen molar-refractivity contribution in [3.63, 3.8) is 0 Å². The molecule has 4 rings (SSSR count). The lowest BCUT2D eigenvalue weighted by atomic mass is 10.2. The molecule has 0 unspecified atom stereocenters. The summed E-state index contributed by atoms with van der Waals surface area (Å²) < 4.78 is 11.0. The number of nitrogens with one attached hydrogen (secondary N) is 3. The first-order chi connectivity index (χ1) is 16.7. The molecule has 7 nitrogen and oxygen atoms in total. The first-order valence-corrected chi connectivity index (χ1v) is 10.9.